The minimum absolute atomic E-state index is 0.204. The second kappa shape index (κ2) is 7.77. The lowest BCUT2D eigenvalue weighted by molar-refractivity contribution is -0.163. The van der Waals surface area contributed by atoms with Crippen LogP contribution in [-0.4, -0.2) is 25.2 Å². The van der Waals surface area contributed by atoms with Gasteiger partial charge in [-0.05, 0) is 37.5 Å². The summed E-state index contributed by atoms with van der Waals surface area (Å²) in [5.74, 6) is -1.20. The Labute approximate surface area is 142 Å². The molecule has 0 fully saturated rings. The summed E-state index contributed by atoms with van der Waals surface area (Å²) in [4.78, 5) is 24.8. The van der Waals surface area contributed by atoms with Gasteiger partial charge >= 0.3 is 11.9 Å². The Hall–Kier alpha value is -2.62. The molecule has 0 amide bonds. The Morgan fingerprint density at radius 3 is 1.71 bits per heavy atom. The maximum Gasteiger partial charge on any atom is 0.327 e. The number of hydrogen-bond acceptors (Lipinski definition) is 4. The number of benzene rings is 2. The Morgan fingerprint density at radius 2 is 1.25 bits per heavy atom. The van der Waals surface area contributed by atoms with E-state index in [0.29, 0.717) is 5.56 Å². The molecular formula is C20H22O4. The lowest BCUT2D eigenvalue weighted by Crippen LogP contribution is -2.43. The van der Waals surface area contributed by atoms with Crippen LogP contribution in [0.15, 0.2) is 54.6 Å². The topological polar surface area (TPSA) is 52.6 Å². The SMILES string of the molecule is CCOC(=O)C(C)(C(=O)OCC)c1ccc(-c2ccccc2)cc1. The Bertz CT molecular complexity index is 671. The van der Waals surface area contributed by atoms with Crippen LogP contribution in [0.5, 0.6) is 0 Å². The summed E-state index contributed by atoms with van der Waals surface area (Å²) in [7, 11) is 0. The van der Waals surface area contributed by atoms with Gasteiger partial charge in [0.15, 0.2) is 5.41 Å². The molecule has 0 heterocycles. The number of carbonyl (C=O) groups is 2. The zero-order chi connectivity index (χ0) is 17.6. The van der Waals surface area contributed by atoms with E-state index < -0.39 is 17.4 Å². The largest absolute Gasteiger partial charge is 0.465 e. The van der Waals surface area contributed by atoms with Crippen LogP contribution in [-0.2, 0) is 24.5 Å². The van der Waals surface area contributed by atoms with Crippen LogP contribution in [0.2, 0.25) is 0 Å². The molecule has 24 heavy (non-hydrogen) atoms. The highest BCUT2D eigenvalue weighted by atomic mass is 16.6. The standard InChI is InChI=1S/C20H22O4/c1-4-23-18(21)20(3,19(22)24-5-2)17-13-11-16(12-14-17)15-9-7-6-8-10-15/h6-14H,4-5H2,1-3H3. The molecule has 0 saturated heterocycles. The van der Waals surface area contributed by atoms with Crippen molar-refractivity contribution >= 4 is 11.9 Å². The van der Waals surface area contributed by atoms with Gasteiger partial charge in [0.2, 0.25) is 0 Å². The summed E-state index contributed by atoms with van der Waals surface area (Å²) in [6.45, 7) is 5.37. The highest BCUT2D eigenvalue weighted by molar-refractivity contribution is 6.06. The van der Waals surface area contributed by atoms with Crippen LogP contribution >= 0.6 is 0 Å². The summed E-state index contributed by atoms with van der Waals surface area (Å²) >= 11 is 0. The van der Waals surface area contributed by atoms with Crippen molar-refractivity contribution in [2.75, 3.05) is 13.2 Å². The number of esters is 2. The molecular weight excluding hydrogens is 304 g/mol. The number of hydrogen-bond donors (Lipinski definition) is 0. The van der Waals surface area contributed by atoms with Crippen LogP contribution < -0.4 is 0 Å². The third-order valence-electron chi connectivity index (χ3n) is 3.94. The third-order valence-corrected chi connectivity index (χ3v) is 3.94. The van der Waals surface area contributed by atoms with Crippen LogP contribution in [0, 0.1) is 0 Å². The molecule has 4 heteroatoms. The van der Waals surface area contributed by atoms with E-state index in [9.17, 15) is 9.59 Å². The Kier molecular flexibility index (Phi) is 5.74. The van der Waals surface area contributed by atoms with E-state index in [-0.39, 0.29) is 13.2 Å². The molecule has 0 aliphatic carbocycles. The van der Waals surface area contributed by atoms with Gasteiger partial charge in [-0.15, -0.1) is 0 Å². The van der Waals surface area contributed by atoms with Crippen molar-refractivity contribution in [2.45, 2.75) is 26.2 Å². The molecule has 0 aromatic heterocycles. The van der Waals surface area contributed by atoms with Crippen LogP contribution in [0.3, 0.4) is 0 Å². The van der Waals surface area contributed by atoms with Crippen molar-refractivity contribution in [3.05, 3.63) is 60.2 Å². The highest BCUT2D eigenvalue weighted by Gasteiger charge is 2.46. The first-order valence-electron chi connectivity index (χ1n) is 8.04. The average molecular weight is 326 g/mol. The zero-order valence-electron chi connectivity index (χ0n) is 14.2. The molecule has 0 bridgehead atoms. The van der Waals surface area contributed by atoms with Crippen LogP contribution in [0.4, 0.5) is 0 Å². The van der Waals surface area contributed by atoms with Crippen molar-refractivity contribution in [2.24, 2.45) is 0 Å². The van der Waals surface area contributed by atoms with Gasteiger partial charge in [-0.3, -0.25) is 9.59 Å². The summed E-state index contributed by atoms with van der Waals surface area (Å²) in [6, 6.07) is 17.2. The monoisotopic (exact) mass is 326 g/mol. The van der Waals surface area contributed by atoms with Crippen LogP contribution in [0.25, 0.3) is 11.1 Å². The molecule has 4 nitrogen and oxygen atoms in total. The first-order chi connectivity index (χ1) is 11.5. The summed E-state index contributed by atoms with van der Waals surface area (Å²) in [5.41, 5.74) is 1.16. The smallest absolute Gasteiger partial charge is 0.327 e. The van der Waals surface area contributed by atoms with E-state index in [1.807, 2.05) is 42.5 Å². The Balaban J connectivity index is 2.40. The van der Waals surface area contributed by atoms with E-state index in [2.05, 4.69) is 0 Å². The number of carbonyl (C=O) groups excluding carboxylic acids is 2. The Morgan fingerprint density at radius 1 is 0.792 bits per heavy atom. The minimum Gasteiger partial charge on any atom is -0.465 e. The maximum absolute atomic E-state index is 12.4. The van der Waals surface area contributed by atoms with Crippen molar-refractivity contribution in [3.63, 3.8) is 0 Å². The molecule has 0 radical (unpaired) electrons. The first-order valence-corrected chi connectivity index (χ1v) is 8.04. The lowest BCUT2D eigenvalue weighted by atomic mass is 9.82. The van der Waals surface area contributed by atoms with E-state index in [1.165, 1.54) is 0 Å². The van der Waals surface area contributed by atoms with Crippen molar-refractivity contribution in [1.82, 2.24) is 0 Å². The van der Waals surface area contributed by atoms with E-state index in [1.54, 1.807) is 32.9 Å². The predicted molar refractivity (Wildman–Crippen MR) is 92.5 cm³/mol. The molecule has 126 valence electrons. The van der Waals surface area contributed by atoms with Gasteiger partial charge in [0.25, 0.3) is 0 Å². The van der Waals surface area contributed by atoms with E-state index >= 15 is 0 Å². The molecule has 2 rings (SSSR count). The minimum atomic E-state index is -1.47. The quantitative estimate of drug-likeness (QED) is 0.599. The van der Waals surface area contributed by atoms with Crippen molar-refractivity contribution in [3.8, 4) is 11.1 Å². The van der Waals surface area contributed by atoms with Gasteiger partial charge in [0.05, 0.1) is 13.2 Å². The highest BCUT2D eigenvalue weighted by Crippen LogP contribution is 2.30. The second-order valence-electron chi connectivity index (χ2n) is 5.51. The molecule has 0 saturated carbocycles. The fourth-order valence-corrected chi connectivity index (χ4v) is 2.50. The van der Waals surface area contributed by atoms with E-state index in [4.69, 9.17) is 9.47 Å². The summed E-state index contributed by atoms with van der Waals surface area (Å²) < 4.78 is 10.2. The fraction of sp³-hybridized carbons (Fsp3) is 0.300. The summed E-state index contributed by atoms with van der Waals surface area (Å²) in [5, 5.41) is 0. The van der Waals surface area contributed by atoms with Gasteiger partial charge in [0.1, 0.15) is 0 Å². The molecule has 0 atom stereocenters. The van der Waals surface area contributed by atoms with Gasteiger partial charge in [0, 0.05) is 0 Å². The number of ether oxygens (including phenoxy) is 2. The van der Waals surface area contributed by atoms with E-state index in [0.717, 1.165) is 11.1 Å². The zero-order valence-corrected chi connectivity index (χ0v) is 14.2. The first kappa shape index (κ1) is 17.7. The third kappa shape index (κ3) is 3.48. The molecule has 0 spiro atoms. The maximum atomic E-state index is 12.4. The lowest BCUT2D eigenvalue weighted by Gasteiger charge is -2.25. The molecule has 0 unspecified atom stereocenters. The van der Waals surface area contributed by atoms with Gasteiger partial charge in [-0.25, -0.2) is 0 Å². The van der Waals surface area contributed by atoms with Gasteiger partial charge in [-0.1, -0.05) is 54.6 Å². The molecule has 0 N–H and O–H groups in total. The second-order valence-corrected chi connectivity index (χ2v) is 5.51. The van der Waals surface area contributed by atoms with Gasteiger partial charge in [-0.2, -0.15) is 0 Å². The van der Waals surface area contributed by atoms with Crippen molar-refractivity contribution < 1.29 is 19.1 Å². The molecule has 0 aliphatic heterocycles. The average Bonchev–Trinajstić information content (AvgIpc) is 2.62. The fourth-order valence-electron chi connectivity index (χ4n) is 2.50. The van der Waals surface area contributed by atoms with Crippen LogP contribution in [0.1, 0.15) is 26.3 Å². The molecule has 0 aliphatic rings. The number of rotatable bonds is 6. The van der Waals surface area contributed by atoms with Crippen molar-refractivity contribution in [1.29, 1.82) is 0 Å². The summed E-state index contributed by atoms with van der Waals surface area (Å²) in [6.07, 6.45) is 0. The predicted octanol–water partition coefficient (Wildman–Crippen LogP) is 3.74. The normalized spacial score (nSPS) is 11.0. The molecule has 2 aromatic rings. The van der Waals surface area contributed by atoms with Gasteiger partial charge < -0.3 is 9.47 Å². The molecule has 2 aromatic carbocycles.